The Balaban J connectivity index is 1.60. The van der Waals surface area contributed by atoms with Crippen molar-refractivity contribution in [2.45, 2.75) is 52.0 Å². The molecule has 0 N–H and O–H groups in total. The number of amides is 2. The van der Waals surface area contributed by atoms with Crippen LogP contribution in [0.2, 0.25) is 0 Å². The fraction of sp³-hybridized carbons (Fsp3) is 0.667. The summed E-state index contributed by atoms with van der Waals surface area (Å²) >= 11 is 0. The molecule has 27 heavy (non-hydrogen) atoms. The fourth-order valence-electron chi connectivity index (χ4n) is 4.20. The lowest BCUT2D eigenvalue weighted by atomic mass is 10.0. The molecule has 1 unspecified atom stereocenters. The first-order chi connectivity index (χ1) is 13.0. The van der Waals surface area contributed by atoms with E-state index in [1.54, 1.807) is 13.1 Å². The summed E-state index contributed by atoms with van der Waals surface area (Å²) in [4.78, 5) is 35.7. The van der Waals surface area contributed by atoms with Crippen LogP contribution in [0.25, 0.3) is 0 Å². The van der Waals surface area contributed by atoms with Gasteiger partial charge in [0.1, 0.15) is 0 Å². The molecule has 1 atom stereocenters. The minimum atomic E-state index is 0.0201. The lowest BCUT2D eigenvalue weighted by molar-refractivity contribution is -0.132. The van der Waals surface area contributed by atoms with E-state index in [9.17, 15) is 9.59 Å². The van der Waals surface area contributed by atoms with Crippen LogP contribution in [-0.2, 0) is 4.79 Å². The Morgan fingerprint density at radius 3 is 2.59 bits per heavy atom. The van der Waals surface area contributed by atoms with E-state index in [0.29, 0.717) is 12.1 Å². The first-order valence-corrected chi connectivity index (χ1v) is 10.3. The quantitative estimate of drug-likeness (QED) is 0.796. The third kappa shape index (κ3) is 5.28. The second-order valence-corrected chi connectivity index (χ2v) is 7.85. The SMILES string of the molecule is CC(=O)N(CCN1CCCCC1)C1CCCN(C(=O)c2ccc(C)nc2)C1. The third-order valence-electron chi connectivity index (χ3n) is 5.79. The van der Waals surface area contributed by atoms with Crippen molar-refractivity contribution >= 4 is 11.8 Å². The van der Waals surface area contributed by atoms with Crippen LogP contribution in [0.15, 0.2) is 18.3 Å². The van der Waals surface area contributed by atoms with Crippen molar-refractivity contribution in [2.24, 2.45) is 0 Å². The van der Waals surface area contributed by atoms with Crippen LogP contribution in [0, 0.1) is 6.92 Å². The van der Waals surface area contributed by atoms with Crippen molar-refractivity contribution in [2.75, 3.05) is 39.3 Å². The van der Waals surface area contributed by atoms with E-state index in [0.717, 1.165) is 51.3 Å². The summed E-state index contributed by atoms with van der Waals surface area (Å²) in [6, 6.07) is 3.83. The van der Waals surface area contributed by atoms with Crippen molar-refractivity contribution in [1.82, 2.24) is 19.7 Å². The normalized spacial score (nSPS) is 21.1. The van der Waals surface area contributed by atoms with E-state index in [-0.39, 0.29) is 17.9 Å². The first kappa shape index (κ1) is 19.8. The van der Waals surface area contributed by atoms with Gasteiger partial charge in [0.2, 0.25) is 5.91 Å². The van der Waals surface area contributed by atoms with Crippen LogP contribution in [0.3, 0.4) is 0 Å². The molecule has 3 rings (SSSR count). The van der Waals surface area contributed by atoms with Crippen LogP contribution >= 0.6 is 0 Å². The molecule has 0 aliphatic carbocycles. The van der Waals surface area contributed by atoms with E-state index in [4.69, 9.17) is 0 Å². The van der Waals surface area contributed by atoms with Gasteiger partial charge in [-0.05, 0) is 57.8 Å². The molecule has 0 radical (unpaired) electrons. The van der Waals surface area contributed by atoms with Crippen LogP contribution in [0.4, 0.5) is 0 Å². The van der Waals surface area contributed by atoms with Gasteiger partial charge in [0.25, 0.3) is 5.91 Å². The lowest BCUT2D eigenvalue weighted by Gasteiger charge is -2.40. The first-order valence-electron chi connectivity index (χ1n) is 10.3. The van der Waals surface area contributed by atoms with Gasteiger partial charge in [0, 0.05) is 51.0 Å². The highest BCUT2D eigenvalue weighted by atomic mass is 16.2. The van der Waals surface area contributed by atoms with Gasteiger partial charge < -0.3 is 14.7 Å². The molecule has 6 heteroatoms. The zero-order chi connectivity index (χ0) is 19.2. The average molecular weight is 373 g/mol. The molecule has 2 fully saturated rings. The van der Waals surface area contributed by atoms with Crippen molar-refractivity contribution in [3.8, 4) is 0 Å². The van der Waals surface area contributed by atoms with Gasteiger partial charge in [-0.15, -0.1) is 0 Å². The van der Waals surface area contributed by atoms with Gasteiger partial charge in [-0.25, -0.2) is 0 Å². The van der Waals surface area contributed by atoms with Gasteiger partial charge in [-0.3, -0.25) is 14.6 Å². The van der Waals surface area contributed by atoms with E-state index < -0.39 is 0 Å². The Morgan fingerprint density at radius 2 is 1.93 bits per heavy atom. The maximum absolute atomic E-state index is 12.8. The zero-order valence-electron chi connectivity index (χ0n) is 16.7. The number of aromatic nitrogens is 1. The Bertz CT molecular complexity index is 640. The molecule has 2 aliphatic heterocycles. The number of nitrogens with zero attached hydrogens (tertiary/aromatic N) is 4. The maximum Gasteiger partial charge on any atom is 0.255 e. The van der Waals surface area contributed by atoms with Crippen molar-refractivity contribution in [1.29, 1.82) is 0 Å². The lowest BCUT2D eigenvalue weighted by Crippen LogP contribution is -2.53. The summed E-state index contributed by atoms with van der Waals surface area (Å²) in [5.74, 6) is 0.134. The second kappa shape index (κ2) is 9.31. The maximum atomic E-state index is 12.8. The highest BCUT2D eigenvalue weighted by Gasteiger charge is 2.30. The van der Waals surface area contributed by atoms with Gasteiger partial charge in [0.05, 0.1) is 5.56 Å². The summed E-state index contributed by atoms with van der Waals surface area (Å²) in [5.41, 5.74) is 1.53. The molecule has 2 saturated heterocycles. The summed E-state index contributed by atoms with van der Waals surface area (Å²) in [7, 11) is 0. The van der Waals surface area contributed by atoms with E-state index in [2.05, 4.69) is 9.88 Å². The number of rotatable bonds is 5. The molecule has 3 heterocycles. The Hall–Kier alpha value is -1.95. The number of pyridine rings is 1. The molecular formula is C21H32N4O2. The molecule has 1 aromatic heterocycles. The zero-order valence-corrected chi connectivity index (χ0v) is 16.7. The number of aryl methyl sites for hydroxylation is 1. The monoisotopic (exact) mass is 372 g/mol. The standard InChI is InChI=1S/C21H32N4O2/c1-17-8-9-19(15-22-17)21(27)24-12-6-7-20(16-24)25(18(2)26)14-13-23-10-4-3-5-11-23/h8-9,15,20H,3-7,10-14,16H2,1-2H3. The molecule has 0 aromatic carbocycles. The Kier molecular flexibility index (Phi) is 6.83. The topological polar surface area (TPSA) is 56.8 Å². The molecule has 148 valence electrons. The predicted molar refractivity (Wildman–Crippen MR) is 106 cm³/mol. The van der Waals surface area contributed by atoms with E-state index in [1.807, 2.05) is 28.9 Å². The molecule has 2 aliphatic rings. The molecule has 0 bridgehead atoms. The van der Waals surface area contributed by atoms with Crippen molar-refractivity contribution in [3.63, 3.8) is 0 Å². The minimum Gasteiger partial charge on any atom is -0.337 e. The van der Waals surface area contributed by atoms with Gasteiger partial charge in [-0.2, -0.15) is 0 Å². The molecular weight excluding hydrogens is 340 g/mol. The smallest absolute Gasteiger partial charge is 0.255 e. The van der Waals surface area contributed by atoms with Crippen LogP contribution in [-0.4, -0.2) is 76.8 Å². The highest BCUT2D eigenvalue weighted by molar-refractivity contribution is 5.94. The fourth-order valence-corrected chi connectivity index (χ4v) is 4.20. The number of carbonyl (C=O) groups is 2. The molecule has 6 nitrogen and oxygen atoms in total. The van der Waals surface area contributed by atoms with Crippen molar-refractivity contribution in [3.05, 3.63) is 29.6 Å². The average Bonchev–Trinajstić information content (AvgIpc) is 2.69. The molecule has 0 spiro atoms. The van der Waals surface area contributed by atoms with E-state index in [1.165, 1.54) is 19.3 Å². The predicted octanol–water partition coefficient (Wildman–Crippen LogP) is 2.33. The molecule has 0 saturated carbocycles. The third-order valence-corrected chi connectivity index (χ3v) is 5.79. The number of hydrogen-bond donors (Lipinski definition) is 0. The number of hydrogen-bond acceptors (Lipinski definition) is 4. The van der Waals surface area contributed by atoms with Crippen LogP contribution in [0.1, 0.15) is 55.1 Å². The van der Waals surface area contributed by atoms with Crippen molar-refractivity contribution < 1.29 is 9.59 Å². The number of carbonyl (C=O) groups excluding carboxylic acids is 2. The molecule has 2 amide bonds. The van der Waals surface area contributed by atoms with Crippen LogP contribution < -0.4 is 0 Å². The summed E-state index contributed by atoms with van der Waals surface area (Å²) in [5, 5.41) is 0. The Labute approximate surface area is 162 Å². The van der Waals surface area contributed by atoms with Crippen LogP contribution in [0.5, 0.6) is 0 Å². The second-order valence-electron chi connectivity index (χ2n) is 7.85. The highest BCUT2D eigenvalue weighted by Crippen LogP contribution is 2.19. The largest absolute Gasteiger partial charge is 0.337 e. The summed E-state index contributed by atoms with van der Waals surface area (Å²) < 4.78 is 0. The summed E-state index contributed by atoms with van der Waals surface area (Å²) in [6.07, 6.45) is 7.40. The van der Waals surface area contributed by atoms with Gasteiger partial charge in [0.15, 0.2) is 0 Å². The van der Waals surface area contributed by atoms with Gasteiger partial charge >= 0.3 is 0 Å². The van der Waals surface area contributed by atoms with E-state index >= 15 is 0 Å². The minimum absolute atomic E-state index is 0.0201. The molecule has 1 aromatic rings. The summed E-state index contributed by atoms with van der Waals surface area (Å²) in [6.45, 7) is 8.91. The van der Waals surface area contributed by atoms with Gasteiger partial charge in [-0.1, -0.05) is 6.42 Å². The number of likely N-dealkylation sites (tertiary alicyclic amines) is 2. The Morgan fingerprint density at radius 1 is 1.15 bits per heavy atom. The number of piperidine rings is 2.